The quantitative estimate of drug-likeness (QED) is 0.0453. The Morgan fingerprint density at radius 2 is 1.14 bits per heavy atom. The molecule has 0 saturated heterocycles. The van der Waals surface area contributed by atoms with Crippen LogP contribution in [0, 0.1) is 41.4 Å². The number of alkyl halides is 6. The number of rotatable bonds is 19. The van der Waals surface area contributed by atoms with Crippen LogP contribution in [-0.4, -0.2) is 48.3 Å². The third-order valence-corrected chi connectivity index (χ3v) is 19.7. The molecule has 3 radical (unpaired) electrons. The topological polar surface area (TPSA) is 146 Å². The van der Waals surface area contributed by atoms with Crippen LogP contribution in [0.5, 0.6) is 11.5 Å². The zero-order valence-electron chi connectivity index (χ0n) is 64.7. The first-order valence-corrected chi connectivity index (χ1v) is 37.0. The van der Waals surface area contributed by atoms with E-state index >= 15 is 0 Å². The van der Waals surface area contributed by atoms with Crippen LogP contribution in [0.15, 0.2) is 178 Å². The van der Waals surface area contributed by atoms with Crippen molar-refractivity contribution >= 4 is 40.8 Å². The standard InChI is InChI=1S/C24H31NO2.C20H22NO.C20H22NS.C15H24NO.C8H5F6NO.2Ir.Pd.Rh/c1-6-16(4)19-12-21(24-23(13-19)27-14-25-24)20-11-18(9-10-22(20)26)17(5)8-7-15(2)3;2*1-4-19(14(2)3)15-8-9-16-11-18(22-20(16)12-15)13-17-7-5-6-10-21-17;1-14(2,3)10-12-8-7-11(16-12)9-13(17)15(4,5)6;9-7(10,11)6(16,8(12,13)14)5-3-1-2-4-15-5;;;;/h9-17,26H,6-8H2,1-5H3;2*5-14,19H,4H2,1-3H3;7-8H,9-10H2,1-6H3;1-4,16H;;;;/q;3*-1;;;;;. The molecule has 2 aliphatic heterocycles. The number of ketones is 1. The predicted octanol–water partition coefficient (Wildman–Crippen LogP) is 24.2. The van der Waals surface area contributed by atoms with Crippen molar-refractivity contribution in [1.82, 2.24) is 24.9 Å². The summed E-state index contributed by atoms with van der Waals surface area (Å²) in [4.78, 5) is 35.1. The van der Waals surface area contributed by atoms with Gasteiger partial charge in [-0.25, -0.2) is 4.98 Å². The molecule has 0 amide bonds. The van der Waals surface area contributed by atoms with Gasteiger partial charge in [0.25, 0.3) is 5.60 Å². The number of phenolic OH excluding ortho intramolecular Hbond substituents is 1. The molecule has 2 aliphatic rings. The Bertz CT molecular complexity index is 4160. The fourth-order valence-corrected chi connectivity index (χ4v) is 13.4. The molecule has 4 unspecified atom stereocenters. The van der Waals surface area contributed by atoms with Gasteiger partial charge >= 0.3 is 12.4 Å². The minimum atomic E-state index is -5.89. The Morgan fingerprint density at radius 1 is 0.593 bits per heavy atom. The number of aromatic nitrogens is 5. The summed E-state index contributed by atoms with van der Waals surface area (Å²) in [5, 5.41) is 19.5. The summed E-state index contributed by atoms with van der Waals surface area (Å²) in [5.41, 5.74) is 8.61. The summed E-state index contributed by atoms with van der Waals surface area (Å²) >= 11 is 1.85. The van der Waals surface area contributed by atoms with Gasteiger partial charge in [-0.3, -0.25) is 19.7 Å². The largest absolute Gasteiger partial charge is 0.664 e. The summed E-state index contributed by atoms with van der Waals surface area (Å²) in [5.74, 6) is 6.48. The molecular weight excluding hydrogens is 1930 g/mol. The number of aromatic hydroxyl groups is 1. The van der Waals surface area contributed by atoms with E-state index < -0.39 is 23.6 Å². The number of aliphatic hydroxyl groups is 1. The van der Waals surface area contributed by atoms with Crippen LogP contribution in [0.2, 0.25) is 0 Å². The number of thioether (sulfide) groups is 1. The number of oxazole rings is 1. The van der Waals surface area contributed by atoms with Crippen LogP contribution in [0.4, 0.5) is 26.3 Å². The second kappa shape index (κ2) is 43.2. The number of Topliss-reactive ketones (excluding diaryl/α,β-unsaturated/α-hetero) is 1. The third kappa shape index (κ3) is 27.2. The zero-order valence-corrected chi connectivity index (χ0v) is 73.5. The van der Waals surface area contributed by atoms with Gasteiger partial charge in [0.15, 0.2) is 12.0 Å². The van der Waals surface area contributed by atoms with Crippen molar-refractivity contribution in [2.75, 3.05) is 0 Å². The van der Waals surface area contributed by atoms with Gasteiger partial charge in [-0.2, -0.15) is 49.5 Å². The molecule has 595 valence electrons. The fourth-order valence-electron chi connectivity index (χ4n) is 12.3. The molecule has 4 aromatic carbocycles. The summed E-state index contributed by atoms with van der Waals surface area (Å²) in [6, 6.07) is 42.2. The first-order chi connectivity index (χ1) is 48.9. The minimum absolute atomic E-state index is 0. The number of pyridine rings is 3. The van der Waals surface area contributed by atoms with Gasteiger partial charge in [-0.15, -0.1) is 41.8 Å². The van der Waals surface area contributed by atoms with Gasteiger partial charge in [-0.05, 0) is 151 Å². The Balaban J connectivity index is 0.000000351. The van der Waals surface area contributed by atoms with Crippen molar-refractivity contribution in [2.24, 2.45) is 28.6 Å². The van der Waals surface area contributed by atoms with Crippen molar-refractivity contribution in [3.05, 3.63) is 244 Å². The van der Waals surface area contributed by atoms with Crippen molar-refractivity contribution in [3.8, 4) is 22.6 Å². The van der Waals surface area contributed by atoms with Gasteiger partial charge in [0.2, 0.25) is 0 Å². The van der Waals surface area contributed by atoms with E-state index in [0.717, 1.165) is 106 Å². The van der Waals surface area contributed by atoms with Gasteiger partial charge in [0.1, 0.15) is 17.0 Å². The van der Waals surface area contributed by atoms with Crippen molar-refractivity contribution in [3.63, 3.8) is 0 Å². The molecular formula is C87H104F6Ir2N5O5PdRhS-3. The second-order valence-corrected chi connectivity index (χ2v) is 31.5. The van der Waals surface area contributed by atoms with E-state index in [1.54, 1.807) is 6.20 Å². The molecule has 7 heterocycles. The Labute approximate surface area is 694 Å². The summed E-state index contributed by atoms with van der Waals surface area (Å²) in [6.45, 7) is 37.3. The van der Waals surface area contributed by atoms with Gasteiger partial charge in [-0.1, -0.05) is 212 Å². The van der Waals surface area contributed by atoms with E-state index in [2.05, 4.69) is 195 Å². The molecule has 0 fully saturated rings. The molecule has 5 aromatic heterocycles. The maximum Gasteiger partial charge on any atom is 0.432 e. The molecule has 0 aliphatic carbocycles. The number of carbonyl (C=O) groups excluding carboxylic acids is 1. The number of hydrogen-bond donors (Lipinski definition) is 2. The molecule has 0 spiro atoms. The van der Waals surface area contributed by atoms with E-state index in [4.69, 9.17) is 14.3 Å². The maximum atomic E-state index is 12.3. The summed E-state index contributed by atoms with van der Waals surface area (Å²) < 4.78 is 85.3. The van der Waals surface area contributed by atoms with E-state index in [1.165, 1.54) is 56.9 Å². The monoisotopic (exact) mass is 2040 g/mol. The van der Waals surface area contributed by atoms with Gasteiger partial charge in [0, 0.05) is 145 Å². The van der Waals surface area contributed by atoms with E-state index in [9.17, 15) is 36.2 Å². The van der Waals surface area contributed by atoms with Crippen molar-refractivity contribution in [1.29, 1.82) is 0 Å². The van der Waals surface area contributed by atoms with E-state index in [-0.39, 0.29) is 96.7 Å². The number of nitrogens with zero attached hydrogens (tertiary/aromatic N) is 5. The first-order valence-electron chi connectivity index (χ1n) is 36.1. The average Bonchev–Trinajstić information content (AvgIpc) is 0.997. The van der Waals surface area contributed by atoms with Crippen LogP contribution < -0.4 is 9.72 Å². The molecule has 4 atom stereocenters. The number of benzene rings is 4. The van der Waals surface area contributed by atoms with Crippen LogP contribution >= 0.6 is 11.8 Å². The summed E-state index contributed by atoms with van der Waals surface area (Å²) in [7, 11) is 0. The molecule has 2 N–H and O–H groups in total. The van der Waals surface area contributed by atoms with Crippen molar-refractivity contribution < 1.29 is 131 Å². The predicted molar refractivity (Wildman–Crippen MR) is 410 cm³/mol. The average molecular weight is 2040 g/mol. The number of carbonyl (C=O) groups is 1. The zero-order chi connectivity index (χ0) is 76.5. The minimum Gasteiger partial charge on any atom is -0.664 e. The van der Waals surface area contributed by atoms with Crippen LogP contribution in [0.25, 0.3) is 34.4 Å². The number of ether oxygens (including phenoxy) is 1. The number of fused-ring (bicyclic) bond motifs is 3. The Kier molecular flexibility index (Phi) is 38.5. The van der Waals surface area contributed by atoms with Crippen molar-refractivity contribution in [2.45, 2.75) is 209 Å². The normalized spacial score (nSPS) is 14.3. The maximum absolute atomic E-state index is 12.3. The second-order valence-electron chi connectivity index (χ2n) is 30.4. The number of allylic oxidation sites excluding steroid dienone is 2. The molecule has 0 saturated carbocycles. The van der Waals surface area contributed by atoms with Crippen LogP contribution in [0.1, 0.15) is 235 Å². The third-order valence-electron chi connectivity index (χ3n) is 18.6. The van der Waals surface area contributed by atoms with Gasteiger partial charge in [0.05, 0.1) is 5.69 Å². The number of phenols is 1. The molecule has 21 heteroatoms. The molecule has 9 aromatic rings. The van der Waals surface area contributed by atoms with E-state index in [1.807, 2.05) is 105 Å². The number of hydrogen-bond acceptors (Lipinski definition) is 10. The Morgan fingerprint density at radius 3 is 1.66 bits per heavy atom. The van der Waals surface area contributed by atoms with Gasteiger partial charge < -0.3 is 24.4 Å². The Hall–Kier alpha value is -5.96. The van der Waals surface area contributed by atoms with Crippen LogP contribution in [0.3, 0.4) is 0 Å². The SMILES string of the molecule is CC(C)(C)Cc1ccc(CC(=O)C(C)(C)C)[n-]1.CCC(C)c1cc(-c2cc(C(C)CCC(C)C)ccc2O)c2ncoc2c1.CCC(c1ccc2c(c1)OC(=Cc1ccccn1)[CH-]2)C(C)C.CCC(c1ccc2c(c1)SC(=Cc1ccccn1)[CH-]2)C(C)C.OC(c1ccccn1)(C(F)(F)F)C(F)(F)F.[Ir].[Ir].[Pd].[Rh]. The molecule has 11 rings (SSSR count). The first kappa shape index (κ1) is 96.2. The molecule has 108 heavy (non-hydrogen) atoms. The summed E-state index contributed by atoms with van der Waals surface area (Å²) in [6.07, 6.45) is 9.69. The fraction of sp³-hybridized carbons (Fsp3) is 0.414. The van der Waals surface area contributed by atoms with Crippen LogP contribution in [-0.2, 0) is 103 Å². The van der Waals surface area contributed by atoms with E-state index in [0.29, 0.717) is 59.7 Å². The molecule has 10 nitrogen and oxygen atoms in total. The molecule has 0 bridgehead atoms. The smallest absolute Gasteiger partial charge is 0.432 e. The number of halogens is 6.